The molecule has 0 radical (unpaired) electrons. The molecule has 1 N–H and O–H groups in total. The summed E-state index contributed by atoms with van der Waals surface area (Å²) in [5.41, 5.74) is -0.586. The number of halogens is 2. The summed E-state index contributed by atoms with van der Waals surface area (Å²) in [6.07, 6.45) is -0.639. The lowest BCUT2D eigenvalue weighted by Crippen LogP contribution is -2.56. The maximum atomic E-state index is 14.8. The first kappa shape index (κ1) is 30.8. The molecule has 1 aliphatic rings. The summed E-state index contributed by atoms with van der Waals surface area (Å²) in [4.78, 5) is 58.4. The van der Waals surface area contributed by atoms with Crippen molar-refractivity contribution >= 4 is 35.5 Å². The van der Waals surface area contributed by atoms with Crippen molar-refractivity contribution in [1.29, 1.82) is 0 Å². The molecule has 10 nitrogen and oxygen atoms in total. The zero-order valence-electron chi connectivity index (χ0n) is 23.0. The molecule has 40 heavy (non-hydrogen) atoms. The van der Waals surface area contributed by atoms with Gasteiger partial charge in [0.05, 0.1) is 11.6 Å². The van der Waals surface area contributed by atoms with Gasteiger partial charge in [0.25, 0.3) is 5.91 Å². The SMILES string of the molecule is CCOC(=O)N1CCN(C(=O)[C@H](CCC(=O)OC(C)(C)C)NC(=O)c2cc(Cl)c(F)c(-c3ccccc3)n2)CC1. The number of ether oxygens (including phenoxy) is 2. The van der Waals surface area contributed by atoms with Crippen molar-refractivity contribution in [2.24, 2.45) is 0 Å². The number of carbonyl (C=O) groups excluding carboxylic acids is 4. The molecule has 0 unspecified atom stereocenters. The first-order valence-corrected chi connectivity index (χ1v) is 13.4. The van der Waals surface area contributed by atoms with Crippen LogP contribution < -0.4 is 5.32 Å². The van der Waals surface area contributed by atoms with Gasteiger partial charge in [-0.2, -0.15) is 0 Å². The van der Waals surface area contributed by atoms with Gasteiger partial charge in [-0.05, 0) is 40.2 Å². The molecule has 2 heterocycles. The van der Waals surface area contributed by atoms with E-state index in [-0.39, 0.29) is 62.0 Å². The lowest BCUT2D eigenvalue weighted by Gasteiger charge is -2.36. The van der Waals surface area contributed by atoms with Crippen LogP contribution in [0.3, 0.4) is 0 Å². The van der Waals surface area contributed by atoms with Gasteiger partial charge in [0, 0.05) is 38.2 Å². The summed E-state index contributed by atoms with van der Waals surface area (Å²) in [5, 5.41) is 2.34. The molecule has 216 valence electrons. The molecule has 1 fully saturated rings. The van der Waals surface area contributed by atoms with Gasteiger partial charge in [-0.15, -0.1) is 0 Å². The Morgan fingerprint density at radius 2 is 1.70 bits per heavy atom. The number of aromatic nitrogens is 1. The number of hydrogen-bond acceptors (Lipinski definition) is 7. The first-order chi connectivity index (χ1) is 18.9. The molecule has 1 aromatic heterocycles. The van der Waals surface area contributed by atoms with Crippen LogP contribution >= 0.6 is 11.6 Å². The number of pyridine rings is 1. The summed E-state index contributed by atoms with van der Waals surface area (Å²) >= 11 is 6.09. The lowest BCUT2D eigenvalue weighted by atomic mass is 10.1. The Kier molecular flexibility index (Phi) is 10.4. The number of hydrogen-bond donors (Lipinski definition) is 1. The van der Waals surface area contributed by atoms with Gasteiger partial charge in [-0.25, -0.2) is 14.2 Å². The fraction of sp³-hybridized carbons (Fsp3) is 0.464. The van der Waals surface area contributed by atoms with E-state index in [0.29, 0.717) is 5.56 Å². The second-order valence-corrected chi connectivity index (χ2v) is 10.6. The number of nitrogens with zero attached hydrogens (tertiary/aromatic N) is 3. The molecule has 12 heteroatoms. The van der Waals surface area contributed by atoms with E-state index >= 15 is 0 Å². The lowest BCUT2D eigenvalue weighted by molar-refractivity contribution is -0.155. The Bertz CT molecular complexity index is 1230. The average molecular weight is 577 g/mol. The summed E-state index contributed by atoms with van der Waals surface area (Å²) in [6.45, 7) is 8.09. The molecule has 1 aliphatic heterocycles. The van der Waals surface area contributed by atoms with Crippen LogP contribution in [0.1, 0.15) is 51.0 Å². The second kappa shape index (κ2) is 13.6. The standard InChI is InChI=1S/C28H34ClFN4O6/c1-5-39-27(38)34-15-13-33(14-16-34)26(37)20(11-12-22(35)40-28(2,3)4)32-25(36)21-17-19(29)23(30)24(31-21)18-9-7-6-8-10-18/h6-10,17,20H,5,11-16H2,1-4H3,(H,32,36)/t20-/m0/s1. The molecule has 0 bridgehead atoms. The van der Waals surface area contributed by atoms with Crippen molar-refractivity contribution in [3.63, 3.8) is 0 Å². The monoisotopic (exact) mass is 576 g/mol. The van der Waals surface area contributed by atoms with E-state index in [9.17, 15) is 23.6 Å². The highest BCUT2D eigenvalue weighted by atomic mass is 35.5. The van der Waals surface area contributed by atoms with Crippen molar-refractivity contribution in [3.05, 3.63) is 52.9 Å². The van der Waals surface area contributed by atoms with Crippen molar-refractivity contribution in [1.82, 2.24) is 20.1 Å². The molecule has 1 atom stereocenters. The molecular formula is C28H34ClFN4O6. The Morgan fingerprint density at radius 1 is 1.07 bits per heavy atom. The van der Waals surface area contributed by atoms with E-state index in [4.69, 9.17) is 21.1 Å². The minimum Gasteiger partial charge on any atom is -0.460 e. The van der Waals surface area contributed by atoms with Crippen LogP contribution in [0.4, 0.5) is 9.18 Å². The molecule has 3 rings (SSSR count). The molecule has 3 amide bonds. The third-order valence-corrected chi connectivity index (χ3v) is 6.25. The number of nitrogens with one attached hydrogen (secondary N) is 1. The number of esters is 1. The van der Waals surface area contributed by atoms with Crippen molar-refractivity contribution < 1.29 is 33.0 Å². The summed E-state index contributed by atoms with van der Waals surface area (Å²) in [6, 6.07) is 8.40. The quantitative estimate of drug-likeness (QED) is 0.471. The molecule has 0 aliphatic carbocycles. The predicted octanol–water partition coefficient (Wildman–Crippen LogP) is 4.06. The van der Waals surface area contributed by atoms with E-state index in [0.717, 1.165) is 6.07 Å². The highest BCUT2D eigenvalue weighted by Crippen LogP contribution is 2.27. The fourth-order valence-electron chi connectivity index (χ4n) is 4.09. The summed E-state index contributed by atoms with van der Waals surface area (Å²) in [7, 11) is 0. The third kappa shape index (κ3) is 8.38. The van der Waals surface area contributed by atoms with Gasteiger partial charge < -0.3 is 24.6 Å². The van der Waals surface area contributed by atoms with Crippen molar-refractivity contribution in [3.8, 4) is 11.3 Å². The number of piperazine rings is 1. The van der Waals surface area contributed by atoms with Crippen molar-refractivity contribution in [2.45, 2.75) is 52.2 Å². The van der Waals surface area contributed by atoms with Gasteiger partial charge in [0.15, 0.2) is 5.82 Å². The van der Waals surface area contributed by atoms with E-state index in [2.05, 4.69) is 10.3 Å². The zero-order valence-corrected chi connectivity index (χ0v) is 23.8. The maximum Gasteiger partial charge on any atom is 0.409 e. The van der Waals surface area contributed by atoms with Gasteiger partial charge in [0.2, 0.25) is 5.91 Å². The minimum atomic E-state index is -1.11. The normalized spacial score (nSPS) is 14.3. The number of rotatable bonds is 8. The molecular weight excluding hydrogens is 543 g/mol. The fourth-order valence-corrected chi connectivity index (χ4v) is 4.28. The third-order valence-electron chi connectivity index (χ3n) is 5.97. The van der Waals surface area contributed by atoms with Crippen LogP contribution in [0.5, 0.6) is 0 Å². The number of amides is 3. The van der Waals surface area contributed by atoms with E-state index < -0.39 is 41.3 Å². The first-order valence-electron chi connectivity index (χ1n) is 13.0. The Morgan fingerprint density at radius 3 is 2.30 bits per heavy atom. The van der Waals surface area contributed by atoms with Gasteiger partial charge in [-0.3, -0.25) is 14.4 Å². The highest BCUT2D eigenvalue weighted by Gasteiger charge is 2.32. The molecule has 0 spiro atoms. The second-order valence-electron chi connectivity index (χ2n) is 10.2. The predicted molar refractivity (Wildman–Crippen MR) is 146 cm³/mol. The minimum absolute atomic E-state index is 0.0436. The highest BCUT2D eigenvalue weighted by molar-refractivity contribution is 6.31. The van der Waals surface area contributed by atoms with Crippen molar-refractivity contribution in [2.75, 3.05) is 32.8 Å². The average Bonchev–Trinajstić information content (AvgIpc) is 2.91. The summed E-state index contributed by atoms with van der Waals surface area (Å²) < 4.78 is 25.1. The van der Waals surface area contributed by atoms with Crippen LogP contribution in [-0.4, -0.2) is 83.1 Å². The molecule has 2 aromatic rings. The topological polar surface area (TPSA) is 118 Å². The van der Waals surface area contributed by atoms with Crippen LogP contribution in [-0.2, 0) is 19.1 Å². The molecule has 1 saturated heterocycles. The van der Waals surface area contributed by atoms with Crippen LogP contribution in [0, 0.1) is 5.82 Å². The number of benzene rings is 1. The maximum absolute atomic E-state index is 14.8. The van der Waals surface area contributed by atoms with E-state index in [1.54, 1.807) is 58.0 Å². The zero-order chi connectivity index (χ0) is 29.4. The van der Waals surface area contributed by atoms with E-state index in [1.807, 2.05) is 0 Å². The number of carbonyl (C=O) groups is 4. The van der Waals surface area contributed by atoms with Crippen LogP contribution in [0.15, 0.2) is 36.4 Å². The Balaban J connectivity index is 1.79. The smallest absolute Gasteiger partial charge is 0.409 e. The van der Waals surface area contributed by atoms with Crippen LogP contribution in [0.25, 0.3) is 11.3 Å². The Hall–Kier alpha value is -3.73. The largest absolute Gasteiger partial charge is 0.460 e. The van der Waals surface area contributed by atoms with Crippen LogP contribution in [0.2, 0.25) is 5.02 Å². The van der Waals surface area contributed by atoms with Gasteiger partial charge in [0.1, 0.15) is 23.0 Å². The van der Waals surface area contributed by atoms with Gasteiger partial charge in [-0.1, -0.05) is 41.9 Å². The Labute approximate surface area is 237 Å². The van der Waals surface area contributed by atoms with Gasteiger partial charge >= 0.3 is 12.1 Å². The molecule has 1 aromatic carbocycles. The molecule has 0 saturated carbocycles. The van der Waals surface area contributed by atoms with E-state index in [1.165, 1.54) is 9.80 Å². The summed E-state index contributed by atoms with van der Waals surface area (Å²) in [5.74, 6) is -2.49.